The Labute approximate surface area is 107 Å². The molecular formula is C14H18N4. The van der Waals surface area contributed by atoms with Crippen LogP contribution in [-0.4, -0.2) is 16.7 Å². The molecule has 0 saturated heterocycles. The molecule has 1 heterocycles. The highest BCUT2D eigenvalue weighted by Crippen LogP contribution is 2.23. The molecular weight excluding hydrogens is 224 g/mol. The predicted octanol–water partition coefficient (Wildman–Crippen LogP) is 3.00. The molecule has 94 valence electrons. The second-order valence-electron chi connectivity index (χ2n) is 4.16. The van der Waals surface area contributed by atoms with E-state index in [9.17, 15) is 0 Å². The molecule has 1 aromatic carbocycles. The molecule has 0 unspecified atom stereocenters. The molecule has 0 amide bonds. The van der Waals surface area contributed by atoms with E-state index < -0.39 is 0 Å². The van der Waals surface area contributed by atoms with Crippen molar-refractivity contribution in [2.75, 3.05) is 17.2 Å². The molecule has 1 aromatic heterocycles. The Morgan fingerprint density at radius 3 is 2.44 bits per heavy atom. The van der Waals surface area contributed by atoms with E-state index in [1.165, 1.54) is 0 Å². The van der Waals surface area contributed by atoms with E-state index in [1.807, 2.05) is 24.3 Å². The Balaban J connectivity index is 2.27. The molecule has 0 saturated carbocycles. The molecule has 0 radical (unpaired) electrons. The van der Waals surface area contributed by atoms with Crippen molar-refractivity contribution in [2.24, 2.45) is 0 Å². The first kappa shape index (κ1) is 12.4. The van der Waals surface area contributed by atoms with Gasteiger partial charge in [-0.25, -0.2) is 0 Å². The monoisotopic (exact) mass is 242 g/mol. The number of unbranched alkanes of at least 4 members (excludes halogenated alkanes) is 1. The van der Waals surface area contributed by atoms with Crippen molar-refractivity contribution in [3.8, 4) is 0 Å². The topological polar surface area (TPSA) is 55.0 Å². The van der Waals surface area contributed by atoms with E-state index in [-0.39, 0.29) is 0 Å². The fraction of sp³-hybridized carbons (Fsp3) is 0.286. The van der Waals surface area contributed by atoms with Gasteiger partial charge in [0.05, 0.1) is 0 Å². The van der Waals surface area contributed by atoms with Gasteiger partial charge in [-0.3, -0.25) is 0 Å². The average molecular weight is 242 g/mol. The zero-order chi connectivity index (χ0) is 12.8. The minimum atomic E-state index is 0.447. The van der Waals surface area contributed by atoms with Gasteiger partial charge in [0.2, 0.25) is 0 Å². The Kier molecular flexibility index (Phi) is 4.12. The number of nitrogens with two attached hydrogens (primary N) is 1. The largest absolute Gasteiger partial charge is 0.382 e. The lowest BCUT2D eigenvalue weighted by Gasteiger charge is -2.23. The maximum Gasteiger partial charge on any atom is 0.155 e. The SMILES string of the molecule is CCCCN(c1ccccc1)c1ccc(N)nn1. The third-order valence-electron chi connectivity index (χ3n) is 2.75. The standard InChI is InChI=1S/C14H18N4/c1-2-3-11-18(12-7-5-4-6-8-12)14-10-9-13(15)16-17-14/h4-10H,2-3,11H2,1H3,(H2,15,16). The normalized spacial score (nSPS) is 10.3. The highest BCUT2D eigenvalue weighted by atomic mass is 15.3. The molecule has 2 rings (SSSR count). The van der Waals surface area contributed by atoms with E-state index in [0.717, 1.165) is 30.9 Å². The van der Waals surface area contributed by atoms with Crippen molar-refractivity contribution in [1.82, 2.24) is 10.2 Å². The van der Waals surface area contributed by atoms with Crippen LogP contribution in [0.5, 0.6) is 0 Å². The van der Waals surface area contributed by atoms with Crippen LogP contribution >= 0.6 is 0 Å². The molecule has 0 aliphatic rings. The maximum atomic E-state index is 5.57. The molecule has 2 N–H and O–H groups in total. The van der Waals surface area contributed by atoms with E-state index in [0.29, 0.717) is 5.82 Å². The second-order valence-corrected chi connectivity index (χ2v) is 4.16. The van der Waals surface area contributed by atoms with Crippen LogP contribution in [0.2, 0.25) is 0 Å². The first-order chi connectivity index (χ1) is 8.81. The van der Waals surface area contributed by atoms with Gasteiger partial charge < -0.3 is 10.6 Å². The van der Waals surface area contributed by atoms with Crippen molar-refractivity contribution in [3.05, 3.63) is 42.5 Å². The molecule has 4 nitrogen and oxygen atoms in total. The molecule has 0 bridgehead atoms. The van der Waals surface area contributed by atoms with E-state index in [4.69, 9.17) is 5.73 Å². The van der Waals surface area contributed by atoms with E-state index in [1.54, 1.807) is 6.07 Å². The third kappa shape index (κ3) is 2.97. The summed E-state index contributed by atoms with van der Waals surface area (Å²) < 4.78 is 0. The molecule has 2 aromatic rings. The minimum Gasteiger partial charge on any atom is -0.382 e. The van der Waals surface area contributed by atoms with Crippen molar-refractivity contribution in [1.29, 1.82) is 0 Å². The number of aromatic nitrogens is 2. The molecule has 18 heavy (non-hydrogen) atoms. The van der Waals surface area contributed by atoms with Gasteiger partial charge in [0.1, 0.15) is 5.82 Å². The van der Waals surface area contributed by atoms with Crippen LogP contribution < -0.4 is 10.6 Å². The van der Waals surface area contributed by atoms with E-state index >= 15 is 0 Å². The molecule has 0 aliphatic carbocycles. The Bertz CT molecular complexity index is 467. The van der Waals surface area contributed by atoms with Gasteiger partial charge in [0.15, 0.2) is 5.82 Å². The van der Waals surface area contributed by atoms with Crippen LogP contribution in [0, 0.1) is 0 Å². The Morgan fingerprint density at radius 1 is 1.06 bits per heavy atom. The van der Waals surface area contributed by atoms with Crippen LogP contribution in [0.4, 0.5) is 17.3 Å². The molecule has 4 heteroatoms. The highest BCUT2D eigenvalue weighted by molar-refractivity contribution is 5.59. The molecule has 0 atom stereocenters. The van der Waals surface area contributed by atoms with Crippen LogP contribution in [0.1, 0.15) is 19.8 Å². The second kappa shape index (κ2) is 6.00. The smallest absolute Gasteiger partial charge is 0.155 e. The van der Waals surface area contributed by atoms with Crippen LogP contribution in [0.15, 0.2) is 42.5 Å². The van der Waals surface area contributed by atoms with E-state index in [2.05, 4.69) is 34.2 Å². The van der Waals surface area contributed by atoms with Crippen molar-refractivity contribution >= 4 is 17.3 Å². The van der Waals surface area contributed by atoms with Gasteiger partial charge in [-0.05, 0) is 30.7 Å². The summed E-state index contributed by atoms with van der Waals surface area (Å²) in [6.07, 6.45) is 2.26. The fourth-order valence-electron chi connectivity index (χ4n) is 1.78. The molecule has 0 aliphatic heterocycles. The quantitative estimate of drug-likeness (QED) is 0.875. The van der Waals surface area contributed by atoms with Gasteiger partial charge in [-0.2, -0.15) is 0 Å². The number of benzene rings is 1. The van der Waals surface area contributed by atoms with Gasteiger partial charge in [0.25, 0.3) is 0 Å². The lowest BCUT2D eigenvalue weighted by molar-refractivity contribution is 0.774. The predicted molar refractivity (Wildman–Crippen MR) is 74.8 cm³/mol. The van der Waals surface area contributed by atoms with Crippen LogP contribution in [0.25, 0.3) is 0 Å². The number of nitrogen functional groups attached to an aromatic ring is 1. The number of nitrogens with zero attached hydrogens (tertiary/aromatic N) is 3. The fourth-order valence-corrected chi connectivity index (χ4v) is 1.78. The minimum absolute atomic E-state index is 0.447. The van der Waals surface area contributed by atoms with Gasteiger partial charge in [-0.15, -0.1) is 10.2 Å². The Morgan fingerprint density at radius 2 is 1.83 bits per heavy atom. The summed E-state index contributed by atoms with van der Waals surface area (Å²) in [5.74, 6) is 1.28. The van der Waals surface area contributed by atoms with Crippen molar-refractivity contribution < 1.29 is 0 Å². The third-order valence-corrected chi connectivity index (χ3v) is 2.75. The zero-order valence-corrected chi connectivity index (χ0v) is 10.6. The number of rotatable bonds is 5. The maximum absolute atomic E-state index is 5.57. The lowest BCUT2D eigenvalue weighted by Crippen LogP contribution is -2.19. The number of para-hydroxylation sites is 1. The highest BCUT2D eigenvalue weighted by Gasteiger charge is 2.09. The average Bonchev–Trinajstić information content (AvgIpc) is 2.42. The lowest BCUT2D eigenvalue weighted by atomic mass is 10.2. The summed E-state index contributed by atoms with van der Waals surface area (Å²) in [6.45, 7) is 3.11. The molecule has 0 spiro atoms. The van der Waals surface area contributed by atoms with Crippen molar-refractivity contribution in [2.45, 2.75) is 19.8 Å². The number of anilines is 3. The summed E-state index contributed by atoms with van der Waals surface area (Å²) in [4.78, 5) is 2.16. The summed E-state index contributed by atoms with van der Waals surface area (Å²) in [5.41, 5.74) is 6.70. The summed E-state index contributed by atoms with van der Waals surface area (Å²) >= 11 is 0. The Hall–Kier alpha value is -2.10. The van der Waals surface area contributed by atoms with Gasteiger partial charge >= 0.3 is 0 Å². The zero-order valence-electron chi connectivity index (χ0n) is 10.6. The summed E-state index contributed by atoms with van der Waals surface area (Å²) in [7, 11) is 0. The van der Waals surface area contributed by atoms with Gasteiger partial charge in [-0.1, -0.05) is 31.5 Å². The summed E-state index contributed by atoms with van der Waals surface area (Å²) in [6, 6.07) is 13.9. The first-order valence-electron chi connectivity index (χ1n) is 6.23. The van der Waals surface area contributed by atoms with Crippen molar-refractivity contribution in [3.63, 3.8) is 0 Å². The van der Waals surface area contributed by atoms with Gasteiger partial charge in [0, 0.05) is 12.2 Å². The molecule has 0 fully saturated rings. The number of hydrogen-bond donors (Lipinski definition) is 1. The first-order valence-corrected chi connectivity index (χ1v) is 6.23. The van der Waals surface area contributed by atoms with Crippen LogP contribution in [-0.2, 0) is 0 Å². The summed E-state index contributed by atoms with van der Waals surface area (Å²) in [5, 5.41) is 8.08. The number of hydrogen-bond acceptors (Lipinski definition) is 4. The van der Waals surface area contributed by atoms with Crippen LogP contribution in [0.3, 0.4) is 0 Å².